The molecule has 2 atom stereocenters. The normalized spacial score (nSPS) is 31.5. The lowest BCUT2D eigenvalue weighted by atomic mass is 9.89. The highest BCUT2D eigenvalue weighted by Gasteiger charge is 2.26. The first kappa shape index (κ1) is 10.0. The van der Waals surface area contributed by atoms with Crippen LogP contribution in [0.5, 0.6) is 0 Å². The van der Waals surface area contributed by atoms with E-state index >= 15 is 0 Å². The van der Waals surface area contributed by atoms with Crippen molar-refractivity contribution in [2.45, 2.75) is 57.7 Å². The minimum absolute atomic E-state index is 0.408. The van der Waals surface area contributed by atoms with Crippen LogP contribution in [0.1, 0.15) is 39.5 Å². The van der Waals surface area contributed by atoms with Gasteiger partial charge in [0.15, 0.2) is 0 Å². The summed E-state index contributed by atoms with van der Waals surface area (Å²) in [6, 6.07) is 1.66. The monoisotopic (exact) mass is 170 g/mol. The van der Waals surface area contributed by atoms with Gasteiger partial charge >= 0.3 is 0 Å². The first-order valence-electron chi connectivity index (χ1n) is 5.10. The molecule has 72 valence electrons. The Balaban J connectivity index is 2.47. The van der Waals surface area contributed by atoms with Gasteiger partial charge in [0.1, 0.15) is 0 Å². The summed E-state index contributed by atoms with van der Waals surface area (Å²) in [6.45, 7) is 4.47. The summed E-state index contributed by atoms with van der Waals surface area (Å²) in [5.41, 5.74) is 6.08. The smallest absolute Gasteiger partial charge is 0.0246 e. The molecule has 0 aromatic carbocycles. The van der Waals surface area contributed by atoms with Crippen molar-refractivity contribution in [3.8, 4) is 0 Å². The lowest BCUT2D eigenvalue weighted by molar-refractivity contribution is 0.136. The summed E-state index contributed by atoms with van der Waals surface area (Å²) in [7, 11) is 2.19. The van der Waals surface area contributed by atoms with E-state index in [1.807, 2.05) is 0 Å². The zero-order valence-electron chi connectivity index (χ0n) is 8.59. The maximum Gasteiger partial charge on any atom is 0.0246 e. The molecular weight excluding hydrogens is 148 g/mol. The molecule has 2 nitrogen and oxygen atoms in total. The van der Waals surface area contributed by atoms with Gasteiger partial charge in [0, 0.05) is 18.1 Å². The van der Waals surface area contributed by atoms with Gasteiger partial charge in [-0.15, -0.1) is 0 Å². The van der Waals surface area contributed by atoms with Gasteiger partial charge in [0.2, 0.25) is 0 Å². The number of hydrogen-bond donors (Lipinski definition) is 1. The Hall–Kier alpha value is -0.0800. The minimum atomic E-state index is 0.408. The van der Waals surface area contributed by atoms with Crippen LogP contribution >= 0.6 is 0 Å². The van der Waals surface area contributed by atoms with E-state index in [0.717, 1.165) is 0 Å². The lowest BCUT2D eigenvalue weighted by Crippen LogP contribution is -2.50. The molecule has 12 heavy (non-hydrogen) atoms. The topological polar surface area (TPSA) is 29.3 Å². The van der Waals surface area contributed by atoms with E-state index in [1.165, 1.54) is 25.7 Å². The average molecular weight is 170 g/mol. The van der Waals surface area contributed by atoms with E-state index in [2.05, 4.69) is 25.8 Å². The molecule has 0 aromatic rings. The third kappa shape index (κ3) is 2.20. The molecule has 1 rings (SSSR count). The molecule has 0 aromatic heterocycles. The molecule has 0 saturated heterocycles. The Labute approximate surface area is 76.1 Å². The van der Waals surface area contributed by atoms with Crippen molar-refractivity contribution in [2.24, 2.45) is 5.73 Å². The molecule has 2 heteroatoms. The third-order valence-electron chi connectivity index (χ3n) is 3.12. The molecule has 2 N–H and O–H groups in total. The van der Waals surface area contributed by atoms with Crippen molar-refractivity contribution in [1.82, 2.24) is 4.90 Å². The Morgan fingerprint density at radius 2 is 1.83 bits per heavy atom. The SMILES string of the molecule is CC(C)N(C)[C@H]1CCCC[C@@H]1N. The molecule has 1 saturated carbocycles. The zero-order chi connectivity index (χ0) is 9.14. The molecule has 0 unspecified atom stereocenters. The second-order valence-corrected chi connectivity index (χ2v) is 4.27. The van der Waals surface area contributed by atoms with Crippen LogP contribution in [-0.4, -0.2) is 30.1 Å². The number of nitrogens with zero attached hydrogens (tertiary/aromatic N) is 1. The Kier molecular flexibility index (Phi) is 3.53. The molecule has 1 fully saturated rings. The Morgan fingerprint density at radius 3 is 2.33 bits per heavy atom. The summed E-state index contributed by atoms with van der Waals surface area (Å²) in [5, 5.41) is 0. The molecule has 0 spiro atoms. The highest BCUT2D eigenvalue weighted by atomic mass is 15.2. The fraction of sp³-hybridized carbons (Fsp3) is 1.00. The van der Waals surface area contributed by atoms with Gasteiger partial charge in [-0.05, 0) is 33.7 Å². The molecule has 1 aliphatic carbocycles. The minimum Gasteiger partial charge on any atom is -0.326 e. The van der Waals surface area contributed by atoms with Crippen molar-refractivity contribution in [3.05, 3.63) is 0 Å². The number of hydrogen-bond acceptors (Lipinski definition) is 2. The van der Waals surface area contributed by atoms with Crippen molar-refractivity contribution in [3.63, 3.8) is 0 Å². The van der Waals surface area contributed by atoms with Crippen molar-refractivity contribution in [1.29, 1.82) is 0 Å². The molecule has 1 aliphatic rings. The molecular formula is C10H22N2. The quantitative estimate of drug-likeness (QED) is 0.682. The summed E-state index contributed by atoms with van der Waals surface area (Å²) in [4.78, 5) is 2.42. The van der Waals surface area contributed by atoms with Gasteiger partial charge in [-0.2, -0.15) is 0 Å². The number of likely N-dealkylation sites (N-methyl/N-ethyl adjacent to an activating group) is 1. The predicted octanol–water partition coefficient (Wildman–Crippen LogP) is 1.60. The first-order valence-corrected chi connectivity index (χ1v) is 5.10. The summed E-state index contributed by atoms with van der Waals surface area (Å²) in [5.74, 6) is 0. The maximum atomic E-state index is 6.08. The van der Waals surface area contributed by atoms with Gasteiger partial charge in [-0.1, -0.05) is 12.8 Å². The van der Waals surface area contributed by atoms with Crippen LogP contribution in [0.2, 0.25) is 0 Å². The van der Waals surface area contributed by atoms with E-state index < -0.39 is 0 Å². The van der Waals surface area contributed by atoms with Crippen molar-refractivity contribution >= 4 is 0 Å². The standard InChI is InChI=1S/C10H22N2/c1-8(2)12(3)10-7-5-4-6-9(10)11/h8-10H,4-7,11H2,1-3H3/t9-,10-/m0/s1. The zero-order valence-corrected chi connectivity index (χ0v) is 8.59. The van der Waals surface area contributed by atoms with Crippen LogP contribution in [0.15, 0.2) is 0 Å². The van der Waals surface area contributed by atoms with Gasteiger partial charge in [-0.3, -0.25) is 4.90 Å². The summed E-state index contributed by atoms with van der Waals surface area (Å²) >= 11 is 0. The number of rotatable bonds is 2. The van der Waals surface area contributed by atoms with Crippen LogP contribution < -0.4 is 5.73 Å². The molecule has 0 aliphatic heterocycles. The van der Waals surface area contributed by atoms with E-state index in [-0.39, 0.29) is 0 Å². The first-order chi connectivity index (χ1) is 5.63. The Morgan fingerprint density at radius 1 is 1.25 bits per heavy atom. The lowest BCUT2D eigenvalue weighted by Gasteiger charge is -2.38. The molecule has 0 heterocycles. The Bertz CT molecular complexity index is 134. The average Bonchev–Trinajstić information content (AvgIpc) is 2.04. The van der Waals surface area contributed by atoms with Crippen molar-refractivity contribution < 1.29 is 0 Å². The van der Waals surface area contributed by atoms with Crippen LogP contribution in [-0.2, 0) is 0 Å². The van der Waals surface area contributed by atoms with Crippen LogP contribution in [0.25, 0.3) is 0 Å². The molecule has 0 amide bonds. The van der Waals surface area contributed by atoms with Crippen LogP contribution in [0, 0.1) is 0 Å². The van der Waals surface area contributed by atoms with Gasteiger partial charge < -0.3 is 5.73 Å². The van der Waals surface area contributed by atoms with E-state index in [0.29, 0.717) is 18.1 Å². The second kappa shape index (κ2) is 4.24. The van der Waals surface area contributed by atoms with E-state index in [4.69, 9.17) is 5.73 Å². The number of nitrogens with two attached hydrogens (primary N) is 1. The van der Waals surface area contributed by atoms with Crippen LogP contribution in [0.3, 0.4) is 0 Å². The fourth-order valence-electron chi connectivity index (χ4n) is 2.03. The van der Waals surface area contributed by atoms with Gasteiger partial charge in [0.05, 0.1) is 0 Å². The largest absolute Gasteiger partial charge is 0.326 e. The van der Waals surface area contributed by atoms with Gasteiger partial charge in [0.25, 0.3) is 0 Å². The van der Waals surface area contributed by atoms with E-state index in [9.17, 15) is 0 Å². The summed E-state index contributed by atoms with van der Waals surface area (Å²) in [6.07, 6.45) is 5.18. The highest BCUT2D eigenvalue weighted by molar-refractivity contribution is 4.85. The van der Waals surface area contributed by atoms with Gasteiger partial charge in [-0.25, -0.2) is 0 Å². The molecule has 0 radical (unpaired) electrons. The van der Waals surface area contributed by atoms with Crippen LogP contribution in [0.4, 0.5) is 0 Å². The van der Waals surface area contributed by atoms with Crippen molar-refractivity contribution in [2.75, 3.05) is 7.05 Å². The third-order valence-corrected chi connectivity index (χ3v) is 3.12. The second-order valence-electron chi connectivity index (χ2n) is 4.27. The fourth-order valence-corrected chi connectivity index (χ4v) is 2.03. The van der Waals surface area contributed by atoms with E-state index in [1.54, 1.807) is 0 Å². The summed E-state index contributed by atoms with van der Waals surface area (Å²) < 4.78 is 0. The highest BCUT2D eigenvalue weighted by Crippen LogP contribution is 2.21. The predicted molar refractivity (Wildman–Crippen MR) is 53.1 cm³/mol. The molecule has 0 bridgehead atoms. The maximum absolute atomic E-state index is 6.08.